The minimum Gasteiger partial charge on any atom is -0.495 e. The Morgan fingerprint density at radius 3 is 2.71 bits per heavy atom. The molecule has 2 aliphatic rings. The average molecular weight is 464 g/mol. The highest BCUT2D eigenvalue weighted by Gasteiger charge is 2.39. The Hall–Kier alpha value is -2.72. The van der Waals surface area contributed by atoms with Crippen molar-refractivity contribution in [1.82, 2.24) is 15.1 Å². The van der Waals surface area contributed by atoms with E-state index in [1.165, 1.54) is 18.4 Å². The predicted octanol–water partition coefficient (Wildman–Crippen LogP) is 2.43. The van der Waals surface area contributed by atoms with E-state index >= 15 is 0 Å². The van der Waals surface area contributed by atoms with E-state index in [0.29, 0.717) is 47.5 Å². The molecule has 164 valence electrons. The van der Waals surface area contributed by atoms with Crippen molar-refractivity contribution in [1.29, 1.82) is 0 Å². The number of amides is 3. The Kier molecular flexibility index (Phi) is 6.38. The van der Waals surface area contributed by atoms with E-state index in [4.69, 9.17) is 16.3 Å². The van der Waals surface area contributed by atoms with Crippen LogP contribution in [0.1, 0.15) is 19.3 Å². The molecule has 0 spiro atoms. The van der Waals surface area contributed by atoms with Crippen molar-refractivity contribution in [2.24, 2.45) is 11.8 Å². The minimum atomic E-state index is -0.428. The summed E-state index contributed by atoms with van der Waals surface area (Å²) in [6.45, 7) is 1.25. The number of carbonyl (C=O) groups excluding carboxylic acids is 3. The standard InChI is InChI=1S/C20H22ClN5O4S/c1-30-16-3-2-14(21)9-15(16)26-10-13(8-17(26)27)19(29)25-6-4-12(5-7-25)18(28)23-20-24-22-11-31-20/h2-3,9,11-13H,4-8,10H2,1H3,(H,23,24,28). The molecule has 1 atom stereocenters. The van der Waals surface area contributed by atoms with Gasteiger partial charge in [0.1, 0.15) is 11.3 Å². The van der Waals surface area contributed by atoms with Crippen LogP contribution in [0.3, 0.4) is 0 Å². The maximum Gasteiger partial charge on any atom is 0.229 e. The van der Waals surface area contributed by atoms with Gasteiger partial charge in [0.25, 0.3) is 0 Å². The number of rotatable bonds is 5. The van der Waals surface area contributed by atoms with E-state index < -0.39 is 5.92 Å². The van der Waals surface area contributed by atoms with Gasteiger partial charge in [0.15, 0.2) is 0 Å². The molecule has 1 aromatic carbocycles. The second kappa shape index (κ2) is 9.19. The molecule has 0 saturated carbocycles. The summed E-state index contributed by atoms with van der Waals surface area (Å²) in [6, 6.07) is 5.07. The highest BCUT2D eigenvalue weighted by atomic mass is 35.5. The zero-order valence-electron chi connectivity index (χ0n) is 16.9. The Bertz CT molecular complexity index is 978. The molecular weight excluding hydrogens is 442 g/mol. The van der Waals surface area contributed by atoms with Gasteiger partial charge < -0.3 is 19.9 Å². The van der Waals surface area contributed by atoms with Gasteiger partial charge in [0, 0.05) is 37.0 Å². The molecule has 2 saturated heterocycles. The molecular formula is C20H22ClN5O4S. The number of hydrogen-bond acceptors (Lipinski definition) is 7. The molecule has 31 heavy (non-hydrogen) atoms. The lowest BCUT2D eigenvalue weighted by Gasteiger charge is -2.32. The largest absolute Gasteiger partial charge is 0.495 e. The summed E-state index contributed by atoms with van der Waals surface area (Å²) in [5, 5.41) is 11.3. The van der Waals surface area contributed by atoms with E-state index in [-0.39, 0.29) is 36.6 Å². The number of halogens is 1. The molecule has 11 heteroatoms. The third-order valence-corrected chi connectivity index (χ3v) is 6.52. The summed E-state index contributed by atoms with van der Waals surface area (Å²) < 4.78 is 5.35. The molecule has 0 aliphatic carbocycles. The first kappa shape index (κ1) is 21.5. The molecule has 4 rings (SSSR count). The average Bonchev–Trinajstić information content (AvgIpc) is 3.42. The van der Waals surface area contributed by atoms with Crippen LogP contribution in [0.5, 0.6) is 5.75 Å². The van der Waals surface area contributed by atoms with E-state index in [9.17, 15) is 14.4 Å². The van der Waals surface area contributed by atoms with Crippen LogP contribution in [0.15, 0.2) is 23.7 Å². The molecule has 2 fully saturated rings. The third kappa shape index (κ3) is 4.64. The Morgan fingerprint density at radius 2 is 2.03 bits per heavy atom. The molecule has 1 aromatic heterocycles. The number of hydrogen-bond donors (Lipinski definition) is 1. The van der Waals surface area contributed by atoms with Crippen molar-refractivity contribution in [3.05, 3.63) is 28.7 Å². The van der Waals surface area contributed by atoms with Crippen molar-refractivity contribution in [2.75, 3.05) is 37.0 Å². The van der Waals surface area contributed by atoms with Crippen LogP contribution in [0, 0.1) is 11.8 Å². The van der Waals surface area contributed by atoms with Gasteiger partial charge in [-0.2, -0.15) is 0 Å². The number of nitrogens with zero attached hydrogens (tertiary/aromatic N) is 4. The van der Waals surface area contributed by atoms with Crippen molar-refractivity contribution in [3.8, 4) is 5.75 Å². The fourth-order valence-electron chi connectivity index (χ4n) is 4.04. The number of ether oxygens (including phenoxy) is 1. The van der Waals surface area contributed by atoms with Gasteiger partial charge in [-0.05, 0) is 31.0 Å². The lowest BCUT2D eigenvalue weighted by molar-refractivity contribution is -0.138. The Balaban J connectivity index is 1.35. The zero-order valence-corrected chi connectivity index (χ0v) is 18.5. The quantitative estimate of drug-likeness (QED) is 0.730. The zero-order chi connectivity index (χ0) is 22.0. The predicted molar refractivity (Wildman–Crippen MR) is 116 cm³/mol. The third-order valence-electron chi connectivity index (χ3n) is 5.67. The highest BCUT2D eigenvalue weighted by Crippen LogP contribution is 2.36. The first-order valence-electron chi connectivity index (χ1n) is 9.96. The van der Waals surface area contributed by atoms with E-state index in [1.807, 2.05) is 0 Å². The van der Waals surface area contributed by atoms with Gasteiger partial charge in [0.2, 0.25) is 22.9 Å². The van der Waals surface area contributed by atoms with Gasteiger partial charge in [-0.25, -0.2) is 0 Å². The molecule has 0 radical (unpaired) electrons. The van der Waals surface area contributed by atoms with Crippen molar-refractivity contribution >= 4 is 51.5 Å². The topological polar surface area (TPSA) is 105 Å². The number of anilines is 2. The Labute approximate surface area is 188 Å². The number of aromatic nitrogens is 2. The van der Waals surface area contributed by atoms with Gasteiger partial charge in [-0.15, -0.1) is 10.2 Å². The van der Waals surface area contributed by atoms with E-state index in [1.54, 1.807) is 33.5 Å². The highest BCUT2D eigenvalue weighted by molar-refractivity contribution is 7.13. The van der Waals surface area contributed by atoms with Crippen molar-refractivity contribution in [2.45, 2.75) is 19.3 Å². The van der Waals surface area contributed by atoms with Crippen molar-refractivity contribution in [3.63, 3.8) is 0 Å². The lowest BCUT2D eigenvalue weighted by Crippen LogP contribution is -2.44. The maximum atomic E-state index is 13.0. The molecule has 9 nitrogen and oxygen atoms in total. The second-order valence-corrected chi connectivity index (χ2v) is 8.82. The molecule has 1 unspecified atom stereocenters. The molecule has 2 aliphatic heterocycles. The Morgan fingerprint density at radius 1 is 1.26 bits per heavy atom. The summed E-state index contributed by atoms with van der Waals surface area (Å²) in [4.78, 5) is 41.4. The normalized spacial score (nSPS) is 19.5. The van der Waals surface area contributed by atoms with Gasteiger partial charge >= 0.3 is 0 Å². The number of carbonyl (C=O) groups is 3. The van der Waals surface area contributed by atoms with Crippen LogP contribution in [0.25, 0.3) is 0 Å². The van der Waals surface area contributed by atoms with E-state index in [2.05, 4.69) is 15.5 Å². The molecule has 0 bridgehead atoms. The number of likely N-dealkylation sites (tertiary alicyclic amines) is 1. The number of nitrogens with one attached hydrogen (secondary N) is 1. The molecule has 3 amide bonds. The fourth-order valence-corrected chi connectivity index (χ4v) is 4.65. The van der Waals surface area contributed by atoms with Gasteiger partial charge in [-0.1, -0.05) is 22.9 Å². The molecule has 3 heterocycles. The maximum absolute atomic E-state index is 13.0. The van der Waals surface area contributed by atoms with Crippen LogP contribution in [0.2, 0.25) is 5.02 Å². The van der Waals surface area contributed by atoms with Crippen LogP contribution < -0.4 is 15.0 Å². The van der Waals surface area contributed by atoms with Gasteiger partial charge in [-0.3, -0.25) is 14.4 Å². The number of piperidine rings is 1. The number of methoxy groups -OCH3 is 1. The van der Waals surface area contributed by atoms with Gasteiger partial charge in [0.05, 0.1) is 18.7 Å². The molecule has 2 aromatic rings. The molecule has 1 N–H and O–H groups in total. The monoisotopic (exact) mass is 463 g/mol. The summed E-state index contributed by atoms with van der Waals surface area (Å²) in [7, 11) is 1.53. The SMILES string of the molecule is COc1ccc(Cl)cc1N1CC(C(=O)N2CCC(C(=O)Nc3nncs3)CC2)CC1=O. The van der Waals surface area contributed by atoms with Crippen molar-refractivity contribution < 1.29 is 19.1 Å². The van der Waals surface area contributed by atoms with Crippen LogP contribution >= 0.6 is 22.9 Å². The lowest BCUT2D eigenvalue weighted by atomic mass is 9.94. The second-order valence-electron chi connectivity index (χ2n) is 7.55. The number of benzene rings is 1. The first-order valence-corrected chi connectivity index (χ1v) is 11.2. The first-order chi connectivity index (χ1) is 15.0. The van der Waals surface area contributed by atoms with Crippen LogP contribution in [-0.4, -0.2) is 59.6 Å². The smallest absolute Gasteiger partial charge is 0.229 e. The summed E-state index contributed by atoms with van der Waals surface area (Å²) >= 11 is 7.36. The fraction of sp³-hybridized carbons (Fsp3) is 0.450. The van der Waals surface area contributed by atoms with Crippen LogP contribution in [-0.2, 0) is 14.4 Å². The summed E-state index contributed by atoms with van der Waals surface area (Å²) in [5.74, 6) is -0.356. The van der Waals surface area contributed by atoms with Crippen LogP contribution in [0.4, 0.5) is 10.8 Å². The minimum absolute atomic E-state index is 0.0557. The summed E-state index contributed by atoms with van der Waals surface area (Å²) in [6.07, 6.45) is 1.29. The van der Waals surface area contributed by atoms with E-state index in [0.717, 1.165) is 0 Å². The summed E-state index contributed by atoms with van der Waals surface area (Å²) in [5.41, 5.74) is 2.13.